The summed E-state index contributed by atoms with van der Waals surface area (Å²) in [5, 5.41) is 13.4. The Kier molecular flexibility index (Phi) is 5.32. The van der Waals surface area contributed by atoms with Gasteiger partial charge in [0.15, 0.2) is 5.69 Å². The lowest BCUT2D eigenvalue weighted by molar-refractivity contribution is 0.0592. The zero-order chi connectivity index (χ0) is 20.4. The van der Waals surface area contributed by atoms with E-state index in [1.54, 1.807) is 31.4 Å². The number of carbonyl (C=O) groups excluding carboxylic acids is 2. The van der Waals surface area contributed by atoms with Crippen molar-refractivity contribution in [1.29, 1.82) is 0 Å². The Morgan fingerprint density at radius 1 is 1.14 bits per heavy atom. The smallest absolute Gasteiger partial charge is 0.360 e. The summed E-state index contributed by atoms with van der Waals surface area (Å²) in [6.45, 7) is 0.637. The summed E-state index contributed by atoms with van der Waals surface area (Å²) >= 11 is 0. The molecular formula is C18H21N5O6. The lowest BCUT2D eigenvalue weighted by Crippen LogP contribution is -2.45. The first-order chi connectivity index (χ1) is 14.1. The summed E-state index contributed by atoms with van der Waals surface area (Å²) < 4.78 is 23.0. The molecule has 0 radical (unpaired) electrons. The zero-order valence-corrected chi connectivity index (χ0v) is 15.9. The molecule has 4 unspecified atom stereocenters. The van der Waals surface area contributed by atoms with E-state index >= 15 is 0 Å². The Bertz CT molecular complexity index is 885. The highest BCUT2D eigenvalue weighted by atomic mass is 16.6. The molecule has 11 heteroatoms. The third kappa shape index (κ3) is 3.87. The van der Waals surface area contributed by atoms with Crippen LogP contribution in [0.15, 0.2) is 30.5 Å². The second-order valence-electron chi connectivity index (χ2n) is 6.67. The molecule has 2 saturated heterocycles. The van der Waals surface area contributed by atoms with Crippen LogP contribution >= 0.6 is 0 Å². The average molecular weight is 403 g/mol. The van der Waals surface area contributed by atoms with Gasteiger partial charge in [0.2, 0.25) is 0 Å². The number of fused-ring (bicyclic) bond motifs is 1. The van der Waals surface area contributed by atoms with E-state index in [9.17, 15) is 9.59 Å². The highest BCUT2D eigenvalue weighted by Crippen LogP contribution is 2.34. The van der Waals surface area contributed by atoms with Crippen molar-refractivity contribution in [3.05, 3.63) is 36.2 Å². The Hall–Kier alpha value is -3.18. The van der Waals surface area contributed by atoms with Crippen molar-refractivity contribution in [2.24, 2.45) is 0 Å². The zero-order valence-electron chi connectivity index (χ0n) is 15.9. The van der Waals surface area contributed by atoms with Gasteiger partial charge in [0.05, 0.1) is 39.7 Å². The second kappa shape index (κ2) is 8.05. The van der Waals surface area contributed by atoms with Crippen molar-refractivity contribution in [3.63, 3.8) is 0 Å². The lowest BCUT2D eigenvalue weighted by Gasteiger charge is -2.18. The highest BCUT2D eigenvalue weighted by molar-refractivity contribution is 5.89. The number of hydrogen-bond donors (Lipinski definition) is 2. The summed E-state index contributed by atoms with van der Waals surface area (Å²) in [5.41, 5.74) is 0.754. The number of esters is 1. The number of methoxy groups -OCH3 is 2. The third-order valence-electron chi connectivity index (χ3n) is 4.94. The van der Waals surface area contributed by atoms with Crippen LogP contribution in [-0.4, -0.2) is 72.7 Å². The molecule has 0 spiro atoms. The minimum Gasteiger partial charge on any atom is -0.497 e. The fourth-order valence-corrected chi connectivity index (χ4v) is 3.48. The van der Waals surface area contributed by atoms with Crippen LogP contribution in [0, 0.1) is 0 Å². The molecular weight excluding hydrogens is 382 g/mol. The van der Waals surface area contributed by atoms with Gasteiger partial charge in [-0.2, -0.15) is 0 Å². The van der Waals surface area contributed by atoms with Crippen molar-refractivity contribution < 1.29 is 28.5 Å². The molecule has 1 aromatic heterocycles. The highest BCUT2D eigenvalue weighted by Gasteiger charge is 2.49. The molecule has 0 aliphatic carbocycles. The second-order valence-corrected chi connectivity index (χ2v) is 6.67. The maximum Gasteiger partial charge on any atom is 0.360 e. The van der Waals surface area contributed by atoms with Crippen LogP contribution in [0.25, 0.3) is 0 Å². The predicted molar refractivity (Wildman–Crippen MR) is 98.8 cm³/mol. The fraction of sp³-hybridized carbons (Fsp3) is 0.444. The van der Waals surface area contributed by atoms with Crippen LogP contribution in [0.4, 0.5) is 10.5 Å². The number of carbonyl (C=O) groups is 2. The van der Waals surface area contributed by atoms with E-state index in [1.807, 2.05) is 0 Å². The maximum atomic E-state index is 12.3. The van der Waals surface area contributed by atoms with Gasteiger partial charge in [-0.1, -0.05) is 5.21 Å². The van der Waals surface area contributed by atoms with E-state index < -0.39 is 5.97 Å². The number of nitrogens with one attached hydrogen (secondary N) is 2. The Morgan fingerprint density at radius 2 is 1.90 bits per heavy atom. The molecule has 0 saturated carbocycles. The van der Waals surface area contributed by atoms with Crippen LogP contribution in [0.3, 0.4) is 0 Å². The van der Waals surface area contributed by atoms with E-state index in [1.165, 1.54) is 18.0 Å². The predicted octanol–water partition coefficient (Wildman–Crippen LogP) is 0.602. The molecule has 3 heterocycles. The van der Waals surface area contributed by atoms with Gasteiger partial charge in [-0.15, -0.1) is 5.10 Å². The standard InChI is InChI=1S/C18H21N5O6/c1-26-11-5-3-10(4-6-11)19-18(25)20-13-8-28-16-14(9-29-15(13)16)23-7-12(21-22-23)17(24)27-2/h3-7,13-16H,8-9H2,1-2H3,(H2,19,20,25). The van der Waals surface area contributed by atoms with E-state index in [2.05, 4.69) is 25.7 Å². The largest absolute Gasteiger partial charge is 0.497 e. The van der Waals surface area contributed by atoms with Crippen molar-refractivity contribution in [2.75, 3.05) is 32.8 Å². The first-order valence-corrected chi connectivity index (χ1v) is 9.04. The van der Waals surface area contributed by atoms with Gasteiger partial charge < -0.3 is 29.6 Å². The van der Waals surface area contributed by atoms with Gasteiger partial charge in [0.25, 0.3) is 0 Å². The van der Waals surface area contributed by atoms with E-state index in [0.717, 1.165) is 0 Å². The summed E-state index contributed by atoms with van der Waals surface area (Å²) in [5.74, 6) is 0.144. The molecule has 0 bridgehead atoms. The van der Waals surface area contributed by atoms with Gasteiger partial charge in [-0.05, 0) is 24.3 Å². The molecule has 2 N–H and O–H groups in total. The van der Waals surface area contributed by atoms with Crippen LogP contribution in [0.5, 0.6) is 5.75 Å². The van der Waals surface area contributed by atoms with E-state index in [-0.39, 0.29) is 36.0 Å². The molecule has 11 nitrogen and oxygen atoms in total. The first kappa shape index (κ1) is 19.2. The quantitative estimate of drug-likeness (QED) is 0.695. The number of ether oxygens (including phenoxy) is 4. The summed E-state index contributed by atoms with van der Waals surface area (Å²) in [7, 11) is 2.86. The van der Waals surface area contributed by atoms with Crippen molar-refractivity contribution in [1.82, 2.24) is 20.3 Å². The van der Waals surface area contributed by atoms with Crippen LogP contribution < -0.4 is 15.4 Å². The van der Waals surface area contributed by atoms with Crippen molar-refractivity contribution in [2.45, 2.75) is 24.3 Å². The minimum atomic E-state index is -0.561. The number of hydrogen-bond acceptors (Lipinski definition) is 8. The summed E-state index contributed by atoms with van der Waals surface area (Å²) in [4.78, 5) is 23.9. The third-order valence-corrected chi connectivity index (χ3v) is 4.94. The molecule has 2 amide bonds. The Morgan fingerprint density at radius 3 is 2.62 bits per heavy atom. The molecule has 2 aliphatic heterocycles. The molecule has 2 aliphatic rings. The number of amides is 2. The molecule has 154 valence electrons. The Labute approximate surface area is 166 Å². The van der Waals surface area contributed by atoms with Gasteiger partial charge in [0, 0.05) is 5.69 Å². The number of aromatic nitrogens is 3. The molecule has 4 atom stereocenters. The van der Waals surface area contributed by atoms with E-state index in [0.29, 0.717) is 24.7 Å². The van der Waals surface area contributed by atoms with Crippen molar-refractivity contribution in [3.8, 4) is 5.75 Å². The molecule has 2 aromatic rings. The van der Waals surface area contributed by atoms with Gasteiger partial charge >= 0.3 is 12.0 Å². The number of rotatable bonds is 5. The lowest BCUT2D eigenvalue weighted by atomic mass is 10.1. The van der Waals surface area contributed by atoms with Crippen LogP contribution in [0.2, 0.25) is 0 Å². The van der Waals surface area contributed by atoms with Gasteiger partial charge in [-0.3, -0.25) is 0 Å². The van der Waals surface area contributed by atoms with Gasteiger partial charge in [-0.25, -0.2) is 14.3 Å². The Balaban J connectivity index is 1.35. The minimum absolute atomic E-state index is 0.113. The molecule has 1 aromatic carbocycles. The van der Waals surface area contributed by atoms with Crippen LogP contribution in [0.1, 0.15) is 16.5 Å². The molecule has 2 fully saturated rings. The number of benzene rings is 1. The normalized spacial score (nSPS) is 25.3. The van der Waals surface area contributed by atoms with Crippen LogP contribution in [-0.2, 0) is 14.2 Å². The number of anilines is 1. The van der Waals surface area contributed by atoms with Gasteiger partial charge in [0.1, 0.15) is 24.0 Å². The summed E-state index contributed by atoms with van der Waals surface area (Å²) in [6.07, 6.45) is 0.865. The molecule has 29 heavy (non-hydrogen) atoms. The SMILES string of the molecule is COC(=O)c1cn(C2COC3C(NC(=O)Nc4ccc(OC)cc4)COC32)nn1. The molecule has 4 rings (SSSR count). The van der Waals surface area contributed by atoms with E-state index in [4.69, 9.17) is 14.2 Å². The fourth-order valence-electron chi connectivity index (χ4n) is 3.48. The summed E-state index contributed by atoms with van der Waals surface area (Å²) in [6, 6.07) is 6.10. The monoisotopic (exact) mass is 403 g/mol. The average Bonchev–Trinajstić information content (AvgIpc) is 3.45. The topological polar surface area (TPSA) is 126 Å². The first-order valence-electron chi connectivity index (χ1n) is 9.04. The number of nitrogens with zero attached hydrogens (tertiary/aromatic N) is 3. The number of urea groups is 1. The maximum absolute atomic E-state index is 12.3. The van der Waals surface area contributed by atoms with Crippen molar-refractivity contribution >= 4 is 17.7 Å².